The number of rotatable bonds is 8. The standard InChI is InChI=1S/C26H23FN4O4S2/c1-15-9-21(25-22(10-15)30-18(14-32)13-28-25)26-31-24-16(2)11-19(12-23(24)36-26)35-8-7-29-37(33,34)20-5-3-17(27)4-6-20/h3-6,9-13,29,32H,7-8,14H2,1-2H3. The third-order valence-corrected chi connectivity index (χ3v) is 8.19. The minimum atomic E-state index is -3.76. The highest BCUT2D eigenvalue weighted by atomic mass is 32.2. The highest BCUT2D eigenvalue weighted by molar-refractivity contribution is 7.89. The predicted octanol–water partition coefficient (Wildman–Crippen LogP) is 4.51. The van der Waals surface area contributed by atoms with E-state index in [-0.39, 0.29) is 24.7 Å². The minimum Gasteiger partial charge on any atom is -0.492 e. The molecule has 2 heterocycles. The van der Waals surface area contributed by atoms with Crippen molar-refractivity contribution in [2.45, 2.75) is 25.3 Å². The summed E-state index contributed by atoms with van der Waals surface area (Å²) in [5, 5.41) is 10.2. The second-order valence-corrected chi connectivity index (χ2v) is 11.3. The van der Waals surface area contributed by atoms with Gasteiger partial charge in [-0.3, -0.25) is 4.98 Å². The molecule has 2 aromatic heterocycles. The summed E-state index contributed by atoms with van der Waals surface area (Å²) in [5.74, 6) is 0.0984. The number of nitrogens with one attached hydrogen (secondary N) is 1. The van der Waals surface area contributed by atoms with Crippen LogP contribution < -0.4 is 9.46 Å². The Balaban J connectivity index is 1.35. The summed E-state index contributed by atoms with van der Waals surface area (Å²) in [7, 11) is -3.76. The van der Waals surface area contributed by atoms with Gasteiger partial charge in [0.2, 0.25) is 10.0 Å². The fourth-order valence-electron chi connectivity index (χ4n) is 3.95. The molecule has 0 saturated carbocycles. The minimum absolute atomic E-state index is 0.00991. The predicted molar refractivity (Wildman–Crippen MR) is 141 cm³/mol. The normalized spacial score (nSPS) is 11.9. The molecule has 190 valence electrons. The topological polar surface area (TPSA) is 114 Å². The summed E-state index contributed by atoms with van der Waals surface area (Å²) in [6, 6.07) is 12.3. The van der Waals surface area contributed by atoms with Crippen molar-refractivity contribution in [1.29, 1.82) is 0 Å². The van der Waals surface area contributed by atoms with E-state index in [0.717, 1.165) is 44.0 Å². The lowest BCUT2D eigenvalue weighted by atomic mass is 10.1. The van der Waals surface area contributed by atoms with E-state index in [1.54, 1.807) is 6.20 Å². The molecular formula is C26H23FN4O4S2. The number of fused-ring (bicyclic) bond motifs is 2. The van der Waals surface area contributed by atoms with Crippen LogP contribution >= 0.6 is 11.3 Å². The molecule has 0 aliphatic heterocycles. The second-order valence-electron chi connectivity index (χ2n) is 8.51. The first-order valence-corrected chi connectivity index (χ1v) is 13.7. The summed E-state index contributed by atoms with van der Waals surface area (Å²) in [5.41, 5.74) is 5.56. The average molecular weight is 539 g/mol. The summed E-state index contributed by atoms with van der Waals surface area (Å²) in [6.45, 7) is 3.91. The average Bonchev–Trinajstić information content (AvgIpc) is 3.31. The van der Waals surface area contributed by atoms with Crippen molar-refractivity contribution in [2.24, 2.45) is 0 Å². The number of aryl methyl sites for hydroxylation is 2. The van der Waals surface area contributed by atoms with Gasteiger partial charge in [0.15, 0.2) is 0 Å². The maximum atomic E-state index is 13.1. The Kier molecular flexibility index (Phi) is 6.86. The van der Waals surface area contributed by atoms with Crippen LogP contribution in [-0.4, -0.2) is 41.6 Å². The van der Waals surface area contributed by atoms with Gasteiger partial charge in [-0.1, -0.05) is 0 Å². The van der Waals surface area contributed by atoms with Crippen molar-refractivity contribution in [1.82, 2.24) is 19.7 Å². The third kappa shape index (κ3) is 5.30. The Labute approximate surface area is 216 Å². The SMILES string of the molecule is Cc1cc(-c2nc3c(C)cc(OCCNS(=O)(=O)c4ccc(F)cc4)cc3s2)c2ncc(CO)nc2c1. The highest BCUT2D eigenvalue weighted by Crippen LogP contribution is 2.37. The molecular weight excluding hydrogens is 515 g/mol. The molecule has 0 saturated heterocycles. The van der Waals surface area contributed by atoms with E-state index in [9.17, 15) is 17.9 Å². The Morgan fingerprint density at radius 1 is 1.05 bits per heavy atom. The first kappa shape index (κ1) is 25.2. The zero-order valence-electron chi connectivity index (χ0n) is 20.0. The molecule has 11 heteroatoms. The first-order chi connectivity index (χ1) is 17.7. The summed E-state index contributed by atoms with van der Waals surface area (Å²) in [4.78, 5) is 13.9. The van der Waals surface area contributed by atoms with E-state index >= 15 is 0 Å². The molecule has 0 atom stereocenters. The van der Waals surface area contributed by atoms with Crippen LogP contribution in [0.3, 0.4) is 0 Å². The number of aliphatic hydroxyl groups excluding tert-OH is 1. The molecule has 8 nitrogen and oxygen atoms in total. The van der Waals surface area contributed by atoms with E-state index < -0.39 is 15.8 Å². The van der Waals surface area contributed by atoms with Gasteiger partial charge in [0, 0.05) is 12.1 Å². The van der Waals surface area contributed by atoms with Gasteiger partial charge >= 0.3 is 0 Å². The molecule has 0 aliphatic rings. The van der Waals surface area contributed by atoms with Crippen molar-refractivity contribution in [2.75, 3.05) is 13.2 Å². The van der Waals surface area contributed by atoms with Gasteiger partial charge < -0.3 is 9.84 Å². The van der Waals surface area contributed by atoms with Gasteiger partial charge in [0.05, 0.1) is 44.6 Å². The maximum Gasteiger partial charge on any atom is 0.240 e. The molecule has 2 N–H and O–H groups in total. The van der Waals surface area contributed by atoms with Crippen LogP contribution in [0.4, 0.5) is 4.39 Å². The van der Waals surface area contributed by atoms with E-state index in [4.69, 9.17) is 9.72 Å². The number of benzene rings is 3. The molecule has 0 bridgehead atoms. The Hall–Kier alpha value is -3.51. The van der Waals surface area contributed by atoms with Crippen molar-refractivity contribution >= 4 is 42.6 Å². The fraction of sp³-hybridized carbons (Fsp3) is 0.192. The van der Waals surface area contributed by atoms with Gasteiger partial charge in [0.1, 0.15) is 23.2 Å². The zero-order chi connectivity index (χ0) is 26.2. The highest BCUT2D eigenvalue weighted by Gasteiger charge is 2.16. The van der Waals surface area contributed by atoms with Crippen molar-refractivity contribution in [3.8, 4) is 16.3 Å². The van der Waals surface area contributed by atoms with Gasteiger partial charge in [-0.25, -0.2) is 27.5 Å². The van der Waals surface area contributed by atoms with Crippen LogP contribution in [-0.2, 0) is 16.6 Å². The Morgan fingerprint density at radius 3 is 2.59 bits per heavy atom. The van der Waals surface area contributed by atoms with Crippen molar-refractivity contribution in [3.05, 3.63) is 77.4 Å². The van der Waals surface area contributed by atoms with E-state index in [1.165, 1.54) is 23.5 Å². The molecule has 37 heavy (non-hydrogen) atoms. The molecule has 5 rings (SSSR count). The number of hydrogen-bond acceptors (Lipinski definition) is 8. The molecule has 0 aliphatic carbocycles. The number of ether oxygens (including phenoxy) is 1. The quantitative estimate of drug-likeness (QED) is 0.279. The number of hydrogen-bond donors (Lipinski definition) is 2. The van der Waals surface area contributed by atoms with Crippen LogP contribution in [0.1, 0.15) is 16.8 Å². The fourth-order valence-corrected chi connectivity index (χ4v) is 6.05. The lowest BCUT2D eigenvalue weighted by Gasteiger charge is -2.09. The van der Waals surface area contributed by atoms with Crippen LogP contribution in [0.5, 0.6) is 5.75 Å². The van der Waals surface area contributed by atoms with Crippen molar-refractivity contribution in [3.63, 3.8) is 0 Å². The molecule has 3 aromatic carbocycles. The van der Waals surface area contributed by atoms with Crippen LogP contribution in [0.15, 0.2) is 59.6 Å². The molecule has 0 spiro atoms. The largest absolute Gasteiger partial charge is 0.492 e. The lowest BCUT2D eigenvalue weighted by Crippen LogP contribution is -2.28. The summed E-state index contributed by atoms with van der Waals surface area (Å²) in [6.07, 6.45) is 1.57. The van der Waals surface area contributed by atoms with Gasteiger partial charge in [-0.15, -0.1) is 11.3 Å². The Morgan fingerprint density at radius 2 is 1.84 bits per heavy atom. The summed E-state index contributed by atoms with van der Waals surface area (Å²) >= 11 is 1.50. The van der Waals surface area contributed by atoms with Crippen LogP contribution in [0.25, 0.3) is 31.8 Å². The third-order valence-electron chi connectivity index (χ3n) is 5.68. The number of aromatic nitrogens is 3. The Bertz CT molecular complexity index is 1720. The van der Waals surface area contributed by atoms with Gasteiger partial charge in [-0.05, 0) is 73.5 Å². The van der Waals surface area contributed by atoms with Gasteiger partial charge in [0.25, 0.3) is 0 Å². The molecule has 0 radical (unpaired) electrons. The molecule has 0 fully saturated rings. The number of halogens is 1. The molecule has 0 unspecified atom stereocenters. The zero-order valence-corrected chi connectivity index (χ0v) is 21.7. The molecule has 5 aromatic rings. The smallest absolute Gasteiger partial charge is 0.240 e. The van der Waals surface area contributed by atoms with E-state index in [1.807, 2.05) is 38.1 Å². The number of sulfonamides is 1. The first-order valence-electron chi connectivity index (χ1n) is 11.4. The monoisotopic (exact) mass is 538 g/mol. The maximum absolute atomic E-state index is 13.1. The number of aliphatic hydroxyl groups is 1. The summed E-state index contributed by atoms with van der Waals surface area (Å²) < 4.78 is 47.0. The van der Waals surface area contributed by atoms with E-state index in [2.05, 4.69) is 14.7 Å². The number of thiazole rings is 1. The van der Waals surface area contributed by atoms with Crippen LogP contribution in [0, 0.1) is 19.7 Å². The second kappa shape index (κ2) is 10.1. The molecule has 0 amide bonds. The van der Waals surface area contributed by atoms with Crippen LogP contribution in [0.2, 0.25) is 0 Å². The number of nitrogens with zero attached hydrogens (tertiary/aromatic N) is 3. The van der Waals surface area contributed by atoms with Gasteiger partial charge in [-0.2, -0.15) is 0 Å². The van der Waals surface area contributed by atoms with E-state index in [0.29, 0.717) is 22.5 Å². The lowest BCUT2D eigenvalue weighted by molar-refractivity contribution is 0.277. The van der Waals surface area contributed by atoms with Crippen molar-refractivity contribution < 1.29 is 22.7 Å².